The van der Waals surface area contributed by atoms with Crippen molar-refractivity contribution in [3.05, 3.63) is 0 Å². The SMILES string of the molecule is CC(C)(C)OC(=O)C[C@@]12CCCC[C@H]1CN(C(=O)OC(C)(C)C)C2. The van der Waals surface area contributed by atoms with Gasteiger partial charge in [0, 0.05) is 18.5 Å². The van der Waals surface area contributed by atoms with Crippen LogP contribution in [-0.2, 0) is 14.3 Å². The Balaban J connectivity index is 2.08. The molecule has 5 heteroatoms. The highest BCUT2D eigenvalue weighted by molar-refractivity contribution is 5.72. The van der Waals surface area contributed by atoms with Crippen LogP contribution in [0.25, 0.3) is 0 Å². The summed E-state index contributed by atoms with van der Waals surface area (Å²) < 4.78 is 11.1. The molecule has 1 aliphatic carbocycles. The predicted octanol–water partition coefficient (Wildman–Crippen LogP) is 4.15. The third-order valence-corrected chi connectivity index (χ3v) is 4.86. The summed E-state index contributed by atoms with van der Waals surface area (Å²) in [4.78, 5) is 26.7. The maximum atomic E-state index is 12.4. The lowest BCUT2D eigenvalue weighted by atomic mass is 9.66. The molecule has 0 N–H and O–H groups in total. The van der Waals surface area contributed by atoms with Crippen molar-refractivity contribution in [1.29, 1.82) is 0 Å². The molecule has 24 heavy (non-hydrogen) atoms. The van der Waals surface area contributed by atoms with E-state index in [0.717, 1.165) is 19.3 Å². The molecule has 2 atom stereocenters. The Bertz CT molecular complexity index is 489. The van der Waals surface area contributed by atoms with Crippen molar-refractivity contribution >= 4 is 12.1 Å². The van der Waals surface area contributed by atoms with Gasteiger partial charge in [-0.05, 0) is 60.3 Å². The topological polar surface area (TPSA) is 55.8 Å². The zero-order valence-corrected chi connectivity index (χ0v) is 16.1. The van der Waals surface area contributed by atoms with E-state index in [2.05, 4.69) is 0 Å². The third kappa shape index (κ3) is 4.87. The first-order valence-corrected chi connectivity index (χ1v) is 9.10. The Hall–Kier alpha value is -1.26. The van der Waals surface area contributed by atoms with E-state index < -0.39 is 11.2 Å². The van der Waals surface area contributed by atoms with Gasteiger partial charge in [0.25, 0.3) is 0 Å². The molecule has 5 nitrogen and oxygen atoms in total. The molecule has 2 aliphatic rings. The highest BCUT2D eigenvalue weighted by Crippen LogP contribution is 2.49. The molecule has 2 rings (SSSR count). The van der Waals surface area contributed by atoms with Gasteiger partial charge >= 0.3 is 12.1 Å². The van der Waals surface area contributed by atoms with E-state index in [1.165, 1.54) is 6.42 Å². The summed E-state index contributed by atoms with van der Waals surface area (Å²) in [7, 11) is 0. The van der Waals surface area contributed by atoms with Gasteiger partial charge in [-0.3, -0.25) is 4.79 Å². The molecular formula is C19H33NO4. The number of hydrogen-bond donors (Lipinski definition) is 0. The molecule has 0 aromatic rings. The number of carbonyl (C=O) groups is 2. The number of ether oxygens (including phenoxy) is 2. The normalized spacial score (nSPS) is 27.6. The van der Waals surface area contributed by atoms with E-state index in [1.807, 2.05) is 41.5 Å². The Morgan fingerprint density at radius 2 is 1.67 bits per heavy atom. The molecule has 1 saturated carbocycles. The lowest BCUT2D eigenvalue weighted by Crippen LogP contribution is -2.39. The van der Waals surface area contributed by atoms with Crippen LogP contribution in [-0.4, -0.2) is 41.3 Å². The molecule has 0 spiro atoms. The first-order chi connectivity index (χ1) is 10.9. The van der Waals surface area contributed by atoms with Gasteiger partial charge in [0.15, 0.2) is 0 Å². The molecule has 1 heterocycles. The fraction of sp³-hybridized carbons (Fsp3) is 0.895. The molecule has 0 aromatic carbocycles. The summed E-state index contributed by atoms with van der Waals surface area (Å²) in [6.07, 6.45) is 4.47. The molecule has 0 aromatic heterocycles. The van der Waals surface area contributed by atoms with Crippen LogP contribution >= 0.6 is 0 Å². The number of fused-ring (bicyclic) bond motifs is 1. The molecule has 2 fully saturated rings. The minimum Gasteiger partial charge on any atom is -0.460 e. The van der Waals surface area contributed by atoms with Gasteiger partial charge in [-0.1, -0.05) is 12.8 Å². The van der Waals surface area contributed by atoms with Gasteiger partial charge < -0.3 is 14.4 Å². The summed E-state index contributed by atoms with van der Waals surface area (Å²) in [5.74, 6) is 0.215. The molecular weight excluding hydrogens is 306 g/mol. The van der Waals surface area contributed by atoms with Gasteiger partial charge in [0.2, 0.25) is 0 Å². The van der Waals surface area contributed by atoms with Crippen LogP contribution in [0.2, 0.25) is 0 Å². The molecule has 1 amide bonds. The Morgan fingerprint density at radius 3 is 2.25 bits per heavy atom. The molecule has 138 valence electrons. The van der Waals surface area contributed by atoms with Crippen molar-refractivity contribution in [2.24, 2.45) is 11.3 Å². The van der Waals surface area contributed by atoms with E-state index in [-0.39, 0.29) is 17.5 Å². The van der Waals surface area contributed by atoms with Crippen LogP contribution in [0.3, 0.4) is 0 Å². The maximum Gasteiger partial charge on any atom is 0.410 e. The van der Waals surface area contributed by atoms with Gasteiger partial charge in [0.1, 0.15) is 11.2 Å². The van der Waals surface area contributed by atoms with Crippen molar-refractivity contribution in [1.82, 2.24) is 4.90 Å². The fourth-order valence-electron chi connectivity index (χ4n) is 4.00. The molecule has 0 unspecified atom stereocenters. The van der Waals surface area contributed by atoms with Gasteiger partial charge in [-0.15, -0.1) is 0 Å². The van der Waals surface area contributed by atoms with Crippen LogP contribution < -0.4 is 0 Å². The highest BCUT2D eigenvalue weighted by atomic mass is 16.6. The maximum absolute atomic E-state index is 12.4. The van der Waals surface area contributed by atoms with Crippen molar-refractivity contribution in [3.8, 4) is 0 Å². The molecule has 1 saturated heterocycles. The van der Waals surface area contributed by atoms with E-state index in [9.17, 15) is 9.59 Å². The van der Waals surface area contributed by atoms with E-state index >= 15 is 0 Å². The minimum absolute atomic E-state index is 0.141. The standard InChI is InChI=1S/C19H33NO4/c1-17(2,3)23-15(21)11-19-10-8-7-9-14(19)12-20(13-19)16(22)24-18(4,5)6/h14H,7-13H2,1-6H3/t14-,19+/m0/s1. The Kier molecular flexibility index (Phi) is 5.22. The van der Waals surface area contributed by atoms with E-state index in [1.54, 1.807) is 4.90 Å². The smallest absolute Gasteiger partial charge is 0.410 e. The van der Waals surface area contributed by atoms with Gasteiger partial charge in [-0.2, -0.15) is 0 Å². The number of carbonyl (C=O) groups excluding carboxylic acids is 2. The fourth-order valence-corrected chi connectivity index (χ4v) is 4.00. The van der Waals surface area contributed by atoms with Crippen LogP contribution in [0.5, 0.6) is 0 Å². The lowest BCUT2D eigenvalue weighted by Gasteiger charge is -2.38. The molecule has 0 bridgehead atoms. The molecule has 0 radical (unpaired) electrons. The second kappa shape index (κ2) is 6.57. The van der Waals surface area contributed by atoms with Crippen LogP contribution in [0.1, 0.15) is 73.6 Å². The Morgan fingerprint density at radius 1 is 1.04 bits per heavy atom. The van der Waals surface area contributed by atoms with Crippen LogP contribution in [0.15, 0.2) is 0 Å². The largest absolute Gasteiger partial charge is 0.460 e. The number of amides is 1. The number of nitrogens with zero attached hydrogens (tertiary/aromatic N) is 1. The van der Waals surface area contributed by atoms with E-state index in [0.29, 0.717) is 25.4 Å². The second-order valence-corrected chi connectivity index (χ2v) is 9.43. The number of esters is 1. The summed E-state index contributed by atoms with van der Waals surface area (Å²) in [6.45, 7) is 12.6. The van der Waals surface area contributed by atoms with Crippen molar-refractivity contribution in [2.75, 3.05) is 13.1 Å². The first-order valence-electron chi connectivity index (χ1n) is 9.10. The van der Waals surface area contributed by atoms with Gasteiger partial charge in [-0.25, -0.2) is 4.79 Å². The third-order valence-electron chi connectivity index (χ3n) is 4.86. The van der Waals surface area contributed by atoms with E-state index in [4.69, 9.17) is 9.47 Å². The van der Waals surface area contributed by atoms with Crippen molar-refractivity contribution < 1.29 is 19.1 Å². The quantitative estimate of drug-likeness (QED) is 0.709. The van der Waals surface area contributed by atoms with Crippen LogP contribution in [0.4, 0.5) is 4.79 Å². The summed E-state index contributed by atoms with van der Waals surface area (Å²) >= 11 is 0. The average molecular weight is 339 g/mol. The second-order valence-electron chi connectivity index (χ2n) is 9.43. The average Bonchev–Trinajstić information content (AvgIpc) is 2.73. The van der Waals surface area contributed by atoms with Crippen molar-refractivity contribution in [2.45, 2.75) is 84.8 Å². The van der Waals surface area contributed by atoms with Crippen LogP contribution in [0, 0.1) is 11.3 Å². The predicted molar refractivity (Wildman–Crippen MR) is 92.7 cm³/mol. The monoisotopic (exact) mass is 339 g/mol. The molecule has 1 aliphatic heterocycles. The summed E-state index contributed by atoms with van der Waals surface area (Å²) in [5, 5.41) is 0. The zero-order chi connectivity index (χ0) is 18.2. The number of hydrogen-bond acceptors (Lipinski definition) is 4. The minimum atomic E-state index is -0.497. The lowest BCUT2D eigenvalue weighted by molar-refractivity contribution is -0.158. The Labute approximate surface area is 146 Å². The van der Waals surface area contributed by atoms with Gasteiger partial charge in [0.05, 0.1) is 6.42 Å². The summed E-state index contributed by atoms with van der Waals surface area (Å²) in [6, 6.07) is 0. The number of rotatable bonds is 2. The number of likely N-dealkylation sites (tertiary alicyclic amines) is 1. The zero-order valence-electron chi connectivity index (χ0n) is 16.1. The summed E-state index contributed by atoms with van der Waals surface area (Å²) in [5.41, 5.74) is -1.11. The highest BCUT2D eigenvalue weighted by Gasteiger charge is 2.51. The first kappa shape index (κ1) is 19.1. The van der Waals surface area contributed by atoms with Crippen molar-refractivity contribution in [3.63, 3.8) is 0 Å².